The van der Waals surface area contributed by atoms with E-state index in [-0.39, 0.29) is 5.95 Å². The van der Waals surface area contributed by atoms with Crippen LogP contribution in [0.2, 0.25) is 0 Å². The molecular formula is C12H10FNS. The highest BCUT2D eigenvalue weighted by Crippen LogP contribution is 2.35. The van der Waals surface area contributed by atoms with Gasteiger partial charge in [-0.1, -0.05) is 6.07 Å². The molecule has 3 heteroatoms. The zero-order chi connectivity index (χ0) is 10.3. The predicted octanol–water partition coefficient (Wildman–Crippen LogP) is 3.79. The monoisotopic (exact) mass is 219 g/mol. The summed E-state index contributed by atoms with van der Waals surface area (Å²) < 4.78 is 15.7. The molecule has 1 aliphatic rings. The number of thiophene rings is 1. The quantitative estimate of drug-likeness (QED) is 0.687. The van der Waals surface area contributed by atoms with Crippen molar-refractivity contribution < 1.29 is 4.39 Å². The molecule has 2 aromatic heterocycles. The number of hydrogen-bond donors (Lipinski definition) is 0. The van der Waals surface area contributed by atoms with Crippen molar-refractivity contribution in [3.05, 3.63) is 46.4 Å². The summed E-state index contributed by atoms with van der Waals surface area (Å²) in [4.78, 5) is 1.05. The van der Waals surface area contributed by atoms with Crippen LogP contribution in [0.25, 0.3) is 11.5 Å². The van der Waals surface area contributed by atoms with E-state index in [0.29, 0.717) is 0 Å². The van der Waals surface area contributed by atoms with E-state index in [1.807, 2.05) is 29.6 Å². The molecular weight excluding hydrogens is 209 g/mol. The van der Waals surface area contributed by atoms with E-state index in [1.54, 1.807) is 22.1 Å². The highest BCUT2D eigenvalue weighted by molar-refractivity contribution is 7.11. The Balaban J connectivity index is 2.15. The Hall–Kier alpha value is -1.35. The first-order valence-electron chi connectivity index (χ1n) is 4.95. The summed E-state index contributed by atoms with van der Waals surface area (Å²) in [7, 11) is 0. The molecule has 0 spiro atoms. The first-order valence-corrected chi connectivity index (χ1v) is 5.83. The van der Waals surface area contributed by atoms with Crippen LogP contribution in [-0.2, 0) is 6.42 Å². The Labute approximate surface area is 91.5 Å². The Kier molecular flexibility index (Phi) is 1.99. The number of halogens is 1. The van der Waals surface area contributed by atoms with Crippen LogP contribution in [0.5, 0.6) is 0 Å². The molecule has 0 radical (unpaired) electrons. The van der Waals surface area contributed by atoms with Gasteiger partial charge in [-0.15, -0.1) is 11.3 Å². The van der Waals surface area contributed by atoms with Gasteiger partial charge in [-0.2, -0.15) is 4.39 Å². The molecule has 0 fully saturated rings. The van der Waals surface area contributed by atoms with Gasteiger partial charge in [0.25, 0.3) is 0 Å². The van der Waals surface area contributed by atoms with E-state index in [9.17, 15) is 4.39 Å². The lowest BCUT2D eigenvalue weighted by atomic mass is 10.0. The third-order valence-electron chi connectivity index (χ3n) is 2.74. The third kappa shape index (κ3) is 1.35. The minimum absolute atomic E-state index is 0.108. The van der Waals surface area contributed by atoms with Gasteiger partial charge >= 0.3 is 0 Å². The summed E-state index contributed by atoms with van der Waals surface area (Å²) in [6.07, 6.45) is 3.52. The van der Waals surface area contributed by atoms with Crippen LogP contribution in [0.1, 0.15) is 17.0 Å². The standard InChI is InChI=1S/C12H10FNS/c13-12-10(11-4-2-8-15-11)6-5-9-3-1-7-14(9)12/h1-4,7-8H,5-6H2. The summed E-state index contributed by atoms with van der Waals surface area (Å²) in [5.41, 5.74) is 1.90. The number of fused-ring (bicyclic) bond motifs is 1. The second-order valence-electron chi connectivity index (χ2n) is 3.62. The molecule has 0 atom stereocenters. The van der Waals surface area contributed by atoms with E-state index in [1.165, 1.54) is 0 Å². The molecule has 0 N–H and O–H groups in total. The molecule has 0 unspecified atom stereocenters. The number of allylic oxidation sites excluding steroid dienone is 1. The summed E-state index contributed by atoms with van der Waals surface area (Å²) in [5, 5.41) is 1.99. The fourth-order valence-electron chi connectivity index (χ4n) is 1.99. The Morgan fingerprint density at radius 1 is 1.20 bits per heavy atom. The molecule has 0 saturated heterocycles. The minimum atomic E-state index is -0.108. The summed E-state index contributed by atoms with van der Waals surface area (Å²) in [6, 6.07) is 7.82. The van der Waals surface area contributed by atoms with Crippen molar-refractivity contribution in [2.45, 2.75) is 12.8 Å². The van der Waals surface area contributed by atoms with Gasteiger partial charge in [0, 0.05) is 22.3 Å². The van der Waals surface area contributed by atoms with E-state index in [0.717, 1.165) is 29.0 Å². The number of aryl methyl sites for hydroxylation is 1. The van der Waals surface area contributed by atoms with E-state index in [2.05, 4.69) is 0 Å². The number of hydrogen-bond acceptors (Lipinski definition) is 1. The highest BCUT2D eigenvalue weighted by Gasteiger charge is 2.19. The van der Waals surface area contributed by atoms with Gasteiger partial charge in [-0.3, -0.25) is 4.57 Å². The lowest BCUT2D eigenvalue weighted by molar-refractivity contribution is 0.658. The zero-order valence-electron chi connectivity index (χ0n) is 8.11. The molecule has 1 aliphatic heterocycles. The van der Waals surface area contributed by atoms with Gasteiger partial charge < -0.3 is 0 Å². The highest BCUT2D eigenvalue weighted by atomic mass is 32.1. The molecule has 15 heavy (non-hydrogen) atoms. The van der Waals surface area contributed by atoms with Crippen LogP contribution >= 0.6 is 11.3 Å². The minimum Gasteiger partial charge on any atom is -0.297 e. The largest absolute Gasteiger partial charge is 0.297 e. The summed E-state index contributed by atoms with van der Waals surface area (Å²) in [6.45, 7) is 0. The Bertz CT molecular complexity index is 507. The molecule has 0 aliphatic carbocycles. The van der Waals surface area contributed by atoms with Crippen LogP contribution < -0.4 is 0 Å². The van der Waals surface area contributed by atoms with E-state index in [4.69, 9.17) is 0 Å². The smallest absolute Gasteiger partial charge is 0.202 e. The van der Waals surface area contributed by atoms with Crippen LogP contribution in [-0.4, -0.2) is 4.57 Å². The normalized spacial score (nSPS) is 15.5. The van der Waals surface area contributed by atoms with Gasteiger partial charge in [0.15, 0.2) is 0 Å². The van der Waals surface area contributed by atoms with Gasteiger partial charge in [0.2, 0.25) is 5.95 Å². The van der Waals surface area contributed by atoms with Crippen LogP contribution in [0.15, 0.2) is 35.8 Å². The first kappa shape index (κ1) is 8.92. The first-order chi connectivity index (χ1) is 7.36. The number of aromatic nitrogens is 1. The fourth-order valence-corrected chi connectivity index (χ4v) is 2.78. The maximum atomic E-state index is 14.1. The van der Waals surface area contributed by atoms with E-state index < -0.39 is 0 Å². The Morgan fingerprint density at radius 3 is 2.93 bits per heavy atom. The molecule has 1 nitrogen and oxygen atoms in total. The van der Waals surface area contributed by atoms with Gasteiger partial charge in [0.1, 0.15) is 0 Å². The second-order valence-corrected chi connectivity index (χ2v) is 4.56. The molecule has 2 aromatic rings. The average Bonchev–Trinajstić information content (AvgIpc) is 2.87. The number of nitrogens with zero attached hydrogens (tertiary/aromatic N) is 1. The fraction of sp³-hybridized carbons (Fsp3) is 0.167. The Morgan fingerprint density at radius 2 is 2.13 bits per heavy atom. The SMILES string of the molecule is FC1=C(c2cccs2)CCc2cccn21. The van der Waals surface area contributed by atoms with Crippen LogP contribution in [0.3, 0.4) is 0 Å². The van der Waals surface area contributed by atoms with Crippen LogP contribution in [0, 0.1) is 0 Å². The lowest BCUT2D eigenvalue weighted by Gasteiger charge is -2.17. The van der Waals surface area contributed by atoms with Gasteiger partial charge in [0.05, 0.1) is 0 Å². The topological polar surface area (TPSA) is 4.93 Å². The van der Waals surface area contributed by atoms with Gasteiger partial charge in [-0.05, 0) is 36.4 Å². The molecule has 0 bridgehead atoms. The van der Waals surface area contributed by atoms with Crippen molar-refractivity contribution in [2.75, 3.05) is 0 Å². The average molecular weight is 219 g/mol. The molecule has 76 valence electrons. The third-order valence-corrected chi connectivity index (χ3v) is 3.67. The number of rotatable bonds is 1. The van der Waals surface area contributed by atoms with Crippen molar-refractivity contribution in [1.29, 1.82) is 0 Å². The van der Waals surface area contributed by atoms with E-state index >= 15 is 0 Å². The molecule has 3 heterocycles. The zero-order valence-corrected chi connectivity index (χ0v) is 8.93. The second kappa shape index (κ2) is 3.35. The predicted molar refractivity (Wildman–Crippen MR) is 61.3 cm³/mol. The van der Waals surface area contributed by atoms with Crippen molar-refractivity contribution in [2.24, 2.45) is 0 Å². The molecule has 0 aromatic carbocycles. The summed E-state index contributed by atoms with van der Waals surface area (Å²) in [5.74, 6) is -0.108. The van der Waals surface area contributed by atoms with Crippen LogP contribution in [0.4, 0.5) is 4.39 Å². The van der Waals surface area contributed by atoms with Crippen molar-refractivity contribution in [1.82, 2.24) is 4.57 Å². The molecule has 3 rings (SSSR count). The lowest BCUT2D eigenvalue weighted by Crippen LogP contribution is -2.06. The maximum Gasteiger partial charge on any atom is 0.202 e. The summed E-state index contributed by atoms with van der Waals surface area (Å²) >= 11 is 1.60. The van der Waals surface area contributed by atoms with Crippen molar-refractivity contribution in [3.63, 3.8) is 0 Å². The molecule has 0 saturated carbocycles. The van der Waals surface area contributed by atoms with Gasteiger partial charge in [-0.25, -0.2) is 0 Å². The molecule has 0 amide bonds. The van der Waals surface area contributed by atoms with Crippen molar-refractivity contribution in [3.8, 4) is 0 Å². The van der Waals surface area contributed by atoms with Crippen molar-refractivity contribution >= 4 is 22.9 Å². The maximum absolute atomic E-state index is 14.1.